The first-order chi connectivity index (χ1) is 16.2. The molecule has 0 amide bonds. The first-order valence-electron chi connectivity index (χ1n) is 11.1. The summed E-state index contributed by atoms with van der Waals surface area (Å²) in [5.74, 6) is 1.78. The van der Waals surface area contributed by atoms with Crippen LogP contribution in [0.25, 0.3) is 33.5 Å². The molecular formula is C24H24N6OS2. The normalized spacial score (nSPS) is 15.0. The first kappa shape index (κ1) is 20.5. The first-order valence-corrected chi connectivity index (χ1v) is 12.4. The second-order valence-corrected chi connectivity index (χ2v) is 9.39. The van der Waals surface area contributed by atoms with Gasteiger partial charge in [-0.3, -0.25) is 4.90 Å². The molecule has 0 aliphatic carbocycles. The lowest BCUT2D eigenvalue weighted by molar-refractivity contribution is 0.201. The van der Waals surface area contributed by atoms with E-state index in [0.29, 0.717) is 11.4 Å². The van der Waals surface area contributed by atoms with Crippen LogP contribution in [0.3, 0.4) is 0 Å². The van der Waals surface area contributed by atoms with E-state index < -0.39 is 0 Å². The summed E-state index contributed by atoms with van der Waals surface area (Å²) >= 11 is 6.89. The lowest BCUT2D eigenvalue weighted by Crippen LogP contribution is -2.47. The van der Waals surface area contributed by atoms with Gasteiger partial charge in [-0.05, 0) is 47.9 Å². The van der Waals surface area contributed by atoms with Crippen molar-refractivity contribution < 1.29 is 4.74 Å². The molecule has 7 nitrogen and oxygen atoms in total. The highest BCUT2D eigenvalue weighted by Gasteiger charge is 2.20. The number of anilines is 1. The molecule has 0 radical (unpaired) electrons. The summed E-state index contributed by atoms with van der Waals surface area (Å²) in [6.07, 6.45) is 0. The topological polar surface area (TPSA) is 76.0 Å². The van der Waals surface area contributed by atoms with Crippen molar-refractivity contribution in [3.8, 4) is 17.1 Å². The quantitative estimate of drug-likeness (QED) is 0.300. The van der Waals surface area contributed by atoms with Crippen LogP contribution >= 0.6 is 23.6 Å². The number of aromatic amines is 3. The van der Waals surface area contributed by atoms with Gasteiger partial charge in [0.15, 0.2) is 4.77 Å². The molecule has 9 heteroatoms. The van der Waals surface area contributed by atoms with Crippen LogP contribution in [0.15, 0.2) is 53.2 Å². The van der Waals surface area contributed by atoms with Crippen molar-refractivity contribution >= 4 is 51.3 Å². The zero-order valence-corrected chi connectivity index (χ0v) is 19.6. The number of imidazole rings is 2. The van der Waals surface area contributed by atoms with Crippen LogP contribution in [0, 0.1) is 4.77 Å². The summed E-state index contributed by atoms with van der Waals surface area (Å²) in [7, 11) is 0. The van der Waals surface area contributed by atoms with E-state index in [2.05, 4.69) is 59.8 Å². The van der Waals surface area contributed by atoms with Gasteiger partial charge in [0, 0.05) is 43.7 Å². The minimum Gasteiger partial charge on any atom is -0.490 e. The van der Waals surface area contributed by atoms with Gasteiger partial charge in [-0.15, -0.1) is 0 Å². The zero-order chi connectivity index (χ0) is 22.2. The second-order valence-electron chi connectivity index (χ2n) is 8.21. The minimum atomic E-state index is 0.617. The number of benzene rings is 2. The number of para-hydroxylation sites is 2. The van der Waals surface area contributed by atoms with Crippen LogP contribution in [0.1, 0.15) is 0 Å². The molecule has 1 aliphatic heterocycles. The molecule has 1 fully saturated rings. The Balaban J connectivity index is 1.09. The van der Waals surface area contributed by atoms with Gasteiger partial charge in [-0.1, -0.05) is 12.1 Å². The van der Waals surface area contributed by atoms with E-state index in [1.165, 1.54) is 5.69 Å². The third-order valence-corrected chi connectivity index (χ3v) is 7.06. The molecule has 33 heavy (non-hydrogen) atoms. The number of aromatic nitrogens is 4. The number of H-pyrrole nitrogens is 3. The van der Waals surface area contributed by atoms with E-state index in [1.54, 1.807) is 11.3 Å². The van der Waals surface area contributed by atoms with Crippen molar-refractivity contribution in [2.75, 3.05) is 44.2 Å². The molecule has 3 N–H and O–H groups in total. The van der Waals surface area contributed by atoms with E-state index in [0.717, 1.165) is 71.9 Å². The molecule has 168 valence electrons. The molecule has 4 heterocycles. The van der Waals surface area contributed by atoms with Crippen LogP contribution in [0.2, 0.25) is 0 Å². The van der Waals surface area contributed by atoms with Crippen LogP contribution in [-0.4, -0.2) is 64.2 Å². The largest absolute Gasteiger partial charge is 0.490 e. The molecular weight excluding hydrogens is 452 g/mol. The molecule has 0 unspecified atom stereocenters. The SMILES string of the molecule is S=c1[nH]c2cccc(OCCN3CCN(c4cccc5[nH]c(-c6ccsc6)nc45)CC3)c2[nH]1. The maximum absolute atomic E-state index is 6.08. The molecule has 0 spiro atoms. The number of thiophene rings is 1. The van der Waals surface area contributed by atoms with Gasteiger partial charge in [0.1, 0.15) is 29.2 Å². The smallest absolute Gasteiger partial charge is 0.175 e. The average molecular weight is 477 g/mol. The van der Waals surface area contributed by atoms with Crippen molar-refractivity contribution in [3.05, 3.63) is 58.0 Å². The van der Waals surface area contributed by atoms with E-state index in [1.807, 2.05) is 18.2 Å². The Hall–Kier alpha value is -3.14. The summed E-state index contributed by atoms with van der Waals surface area (Å²) in [4.78, 5) is 19.6. The number of fused-ring (bicyclic) bond motifs is 2. The highest BCUT2D eigenvalue weighted by molar-refractivity contribution is 7.71. The highest BCUT2D eigenvalue weighted by Crippen LogP contribution is 2.30. The summed E-state index contributed by atoms with van der Waals surface area (Å²) in [6.45, 7) is 5.48. The number of rotatable bonds is 6. The predicted molar refractivity (Wildman–Crippen MR) is 137 cm³/mol. The Kier molecular flexibility index (Phi) is 5.37. The van der Waals surface area contributed by atoms with Gasteiger partial charge in [-0.25, -0.2) is 4.98 Å². The molecule has 0 saturated carbocycles. The maximum Gasteiger partial charge on any atom is 0.175 e. The standard InChI is InChI=1S/C24H24N6OS2/c32-24-26-18-4-2-6-20(22(18)28-24)31-13-12-29-8-10-30(11-9-29)19-5-1-3-17-21(19)27-23(25-17)16-7-14-33-15-16/h1-7,14-15H,8-13H2,(H,25,27)(H2,26,28,32). The Morgan fingerprint density at radius 1 is 0.970 bits per heavy atom. The fourth-order valence-corrected chi connectivity index (χ4v) is 5.31. The Morgan fingerprint density at radius 3 is 2.67 bits per heavy atom. The number of piperazine rings is 1. The van der Waals surface area contributed by atoms with Crippen LogP contribution in [-0.2, 0) is 0 Å². The van der Waals surface area contributed by atoms with Gasteiger partial charge in [0.05, 0.1) is 16.7 Å². The second kappa shape index (κ2) is 8.66. The van der Waals surface area contributed by atoms with Crippen molar-refractivity contribution in [3.63, 3.8) is 0 Å². The number of nitrogens with one attached hydrogen (secondary N) is 3. The van der Waals surface area contributed by atoms with Crippen molar-refractivity contribution in [1.29, 1.82) is 0 Å². The molecule has 1 saturated heterocycles. The van der Waals surface area contributed by atoms with E-state index in [4.69, 9.17) is 21.9 Å². The third-order valence-electron chi connectivity index (χ3n) is 6.18. The van der Waals surface area contributed by atoms with Crippen molar-refractivity contribution in [1.82, 2.24) is 24.8 Å². The van der Waals surface area contributed by atoms with Gasteiger partial charge >= 0.3 is 0 Å². The van der Waals surface area contributed by atoms with Gasteiger partial charge in [0.2, 0.25) is 0 Å². The molecule has 2 aromatic carbocycles. The fraction of sp³-hybridized carbons (Fsp3) is 0.250. The number of ether oxygens (including phenoxy) is 1. The Labute approximate surface area is 200 Å². The zero-order valence-electron chi connectivity index (χ0n) is 18.0. The number of hydrogen-bond donors (Lipinski definition) is 3. The summed E-state index contributed by atoms with van der Waals surface area (Å²) in [6, 6.07) is 14.5. The molecule has 3 aromatic heterocycles. The van der Waals surface area contributed by atoms with Crippen LogP contribution in [0.5, 0.6) is 5.75 Å². The summed E-state index contributed by atoms with van der Waals surface area (Å²) in [5, 5.41) is 4.21. The molecule has 6 rings (SSSR count). The molecule has 0 bridgehead atoms. The average Bonchev–Trinajstić information content (AvgIpc) is 3.58. The molecule has 1 aliphatic rings. The van der Waals surface area contributed by atoms with E-state index in [9.17, 15) is 0 Å². The minimum absolute atomic E-state index is 0.617. The summed E-state index contributed by atoms with van der Waals surface area (Å²) in [5.41, 5.74) is 6.39. The van der Waals surface area contributed by atoms with Crippen molar-refractivity contribution in [2.45, 2.75) is 0 Å². The van der Waals surface area contributed by atoms with Crippen LogP contribution < -0.4 is 9.64 Å². The van der Waals surface area contributed by atoms with Gasteiger partial charge in [0.25, 0.3) is 0 Å². The lowest BCUT2D eigenvalue weighted by atomic mass is 10.2. The van der Waals surface area contributed by atoms with Crippen molar-refractivity contribution in [2.24, 2.45) is 0 Å². The number of hydrogen-bond acceptors (Lipinski definition) is 6. The highest BCUT2D eigenvalue weighted by atomic mass is 32.1. The predicted octanol–water partition coefficient (Wildman–Crippen LogP) is 5.03. The Morgan fingerprint density at radius 2 is 1.82 bits per heavy atom. The summed E-state index contributed by atoms with van der Waals surface area (Å²) < 4.78 is 6.69. The van der Waals surface area contributed by atoms with Crippen LogP contribution in [0.4, 0.5) is 5.69 Å². The third kappa shape index (κ3) is 4.03. The van der Waals surface area contributed by atoms with Gasteiger partial charge in [-0.2, -0.15) is 11.3 Å². The van der Waals surface area contributed by atoms with E-state index in [-0.39, 0.29) is 0 Å². The molecule has 5 aromatic rings. The lowest BCUT2D eigenvalue weighted by Gasteiger charge is -2.36. The van der Waals surface area contributed by atoms with Gasteiger partial charge < -0.3 is 24.6 Å². The van der Waals surface area contributed by atoms with E-state index >= 15 is 0 Å². The Bertz CT molecular complexity index is 1440. The maximum atomic E-state index is 6.08. The monoisotopic (exact) mass is 476 g/mol. The molecule has 0 atom stereocenters. The number of nitrogens with zero attached hydrogens (tertiary/aromatic N) is 3. The fourth-order valence-electron chi connectivity index (χ4n) is 4.46.